The van der Waals surface area contributed by atoms with Crippen molar-refractivity contribution >= 4 is 21.9 Å². The third-order valence-electron chi connectivity index (χ3n) is 2.83. The van der Waals surface area contributed by atoms with Crippen LogP contribution < -0.4 is 5.32 Å². The second kappa shape index (κ2) is 7.73. The molecule has 1 aromatic rings. The van der Waals surface area contributed by atoms with E-state index in [1.54, 1.807) is 0 Å². The summed E-state index contributed by atoms with van der Waals surface area (Å²) in [5.74, 6) is -1.14. The van der Waals surface area contributed by atoms with E-state index in [0.717, 1.165) is 0 Å². The van der Waals surface area contributed by atoms with Crippen LogP contribution in [0.15, 0.2) is 29.2 Å². The van der Waals surface area contributed by atoms with Crippen LogP contribution >= 0.6 is 0 Å². The molecule has 0 saturated carbocycles. The second-order valence-electron chi connectivity index (χ2n) is 6.00. The Morgan fingerprint density at radius 2 is 1.71 bits per heavy atom. The quantitative estimate of drug-likeness (QED) is 0.600. The van der Waals surface area contributed by atoms with E-state index < -0.39 is 34.0 Å². The predicted octanol–water partition coefficient (Wildman–Crippen LogP) is 0.940. The van der Waals surface area contributed by atoms with Gasteiger partial charge in [-0.2, -0.15) is 0 Å². The molecule has 0 spiro atoms. The second-order valence-corrected chi connectivity index (χ2v) is 7.93. The predicted molar refractivity (Wildman–Crippen MR) is 86.6 cm³/mol. The highest BCUT2D eigenvalue weighted by atomic mass is 32.2. The third-order valence-corrected chi connectivity index (χ3v) is 4.53. The van der Waals surface area contributed by atoms with Gasteiger partial charge in [0.1, 0.15) is 0 Å². The zero-order valence-electron chi connectivity index (χ0n) is 14.3. The number of carbonyl (C=O) groups is 2. The summed E-state index contributed by atoms with van der Waals surface area (Å²) in [7, 11) is -1.30. The molecule has 0 saturated heterocycles. The highest BCUT2D eigenvalue weighted by Gasteiger charge is 2.21. The number of hydroxylamine groups is 1. The monoisotopic (exact) mass is 358 g/mol. The third kappa shape index (κ3) is 5.59. The Bertz CT molecular complexity index is 692. The van der Waals surface area contributed by atoms with Gasteiger partial charge in [-0.25, -0.2) is 13.2 Å². The minimum Gasteiger partial charge on any atom is -0.452 e. The molecule has 1 N–H and O–H groups in total. The molecule has 0 fully saturated rings. The maximum Gasteiger partial charge on any atom is 0.338 e. The van der Waals surface area contributed by atoms with Gasteiger partial charge in [-0.1, -0.05) is 4.47 Å². The number of ether oxygens (including phenoxy) is 1. The number of nitrogens with zero attached hydrogens (tertiary/aromatic N) is 1. The largest absolute Gasteiger partial charge is 0.452 e. The van der Waals surface area contributed by atoms with Gasteiger partial charge in [0.2, 0.25) is 0 Å². The molecule has 9 heteroatoms. The molecule has 0 atom stereocenters. The van der Waals surface area contributed by atoms with Crippen LogP contribution in [0.25, 0.3) is 0 Å². The highest BCUT2D eigenvalue weighted by Crippen LogP contribution is 2.15. The fourth-order valence-corrected chi connectivity index (χ4v) is 2.65. The first kappa shape index (κ1) is 20.1. The number of amides is 1. The van der Waals surface area contributed by atoms with Crippen LogP contribution in [-0.4, -0.2) is 51.1 Å². The summed E-state index contributed by atoms with van der Waals surface area (Å²) >= 11 is 0. The van der Waals surface area contributed by atoms with Crippen molar-refractivity contribution in [2.75, 3.05) is 20.8 Å². The molecule has 0 unspecified atom stereocenters. The van der Waals surface area contributed by atoms with Crippen LogP contribution in [0.3, 0.4) is 0 Å². The first-order valence-corrected chi connectivity index (χ1v) is 8.52. The Kier molecular flexibility index (Phi) is 6.47. The lowest BCUT2D eigenvalue weighted by atomic mass is 10.1. The van der Waals surface area contributed by atoms with E-state index in [-0.39, 0.29) is 10.5 Å². The van der Waals surface area contributed by atoms with E-state index in [2.05, 4.69) is 10.2 Å². The minimum atomic E-state index is -3.78. The van der Waals surface area contributed by atoms with Crippen molar-refractivity contribution in [3.63, 3.8) is 0 Å². The van der Waals surface area contributed by atoms with Crippen LogP contribution in [0.1, 0.15) is 31.1 Å². The van der Waals surface area contributed by atoms with Crippen molar-refractivity contribution in [3.8, 4) is 0 Å². The van der Waals surface area contributed by atoms with Gasteiger partial charge in [0.25, 0.3) is 15.9 Å². The smallest absolute Gasteiger partial charge is 0.338 e. The first-order chi connectivity index (χ1) is 11.0. The molecule has 0 bridgehead atoms. The van der Waals surface area contributed by atoms with E-state index in [0.29, 0.717) is 4.47 Å². The molecule has 0 aromatic heterocycles. The number of sulfonamides is 1. The molecule has 0 aliphatic carbocycles. The SMILES string of the molecule is CON(C)S(=O)(=O)c1ccc(C(=O)OCC(=O)NC(C)(C)C)cc1. The first-order valence-electron chi connectivity index (χ1n) is 7.08. The lowest BCUT2D eigenvalue weighted by Crippen LogP contribution is -2.42. The molecule has 24 heavy (non-hydrogen) atoms. The Morgan fingerprint density at radius 3 is 2.17 bits per heavy atom. The fraction of sp³-hybridized carbons (Fsp3) is 0.467. The molecule has 8 nitrogen and oxygen atoms in total. The van der Waals surface area contributed by atoms with Crippen LogP contribution in [0.5, 0.6) is 0 Å². The average molecular weight is 358 g/mol. The van der Waals surface area contributed by atoms with Crippen molar-refractivity contribution in [2.45, 2.75) is 31.2 Å². The summed E-state index contributed by atoms with van der Waals surface area (Å²) in [6.45, 7) is 5.01. The van der Waals surface area contributed by atoms with Crippen molar-refractivity contribution in [3.05, 3.63) is 29.8 Å². The Hall–Kier alpha value is -1.97. The van der Waals surface area contributed by atoms with Crippen LogP contribution in [0, 0.1) is 0 Å². The number of hydrogen-bond donors (Lipinski definition) is 1. The molecule has 1 rings (SSSR count). The maximum absolute atomic E-state index is 12.0. The summed E-state index contributed by atoms with van der Waals surface area (Å²) < 4.78 is 29.6. The lowest BCUT2D eigenvalue weighted by Gasteiger charge is -2.20. The summed E-state index contributed by atoms with van der Waals surface area (Å²) in [6, 6.07) is 5.13. The van der Waals surface area contributed by atoms with E-state index in [1.807, 2.05) is 20.8 Å². The molecule has 1 aromatic carbocycles. The van der Waals surface area contributed by atoms with Crippen molar-refractivity contribution in [1.82, 2.24) is 9.79 Å². The van der Waals surface area contributed by atoms with Gasteiger partial charge in [0.15, 0.2) is 6.61 Å². The topological polar surface area (TPSA) is 102 Å². The molecular weight excluding hydrogens is 336 g/mol. The molecule has 0 aliphatic rings. The minimum absolute atomic E-state index is 0.0334. The Morgan fingerprint density at radius 1 is 1.17 bits per heavy atom. The normalized spacial score (nSPS) is 12.1. The summed E-state index contributed by atoms with van der Waals surface area (Å²) in [5, 5.41) is 2.66. The van der Waals surface area contributed by atoms with E-state index in [9.17, 15) is 18.0 Å². The summed E-state index contributed by atoms with van der Waals surface area (Å²) in [5.41, 5.74) is -0.287. The van der Waals surface area contributed by atoms with Gasteiger partial charge in [-0.3, -0.25) is 9.63 Å². The van der Waals surface area contributed by atoms with E-state index in [4.69, 9.17) is 4.74 Å². The van der Waals surface area contributed by atoms with Gasteiger partial charge in [0, 0.05) is 12.6 Å². The van der Waals surface area contributed by atoms with Gasteiger partial charge >= 0.3 is 5.97 Å². The standard InChI is InChI=1S/C15H22N2O6S/c1-15(2,3)16-13(18)10-23-14(19)11-6-8-12(9-7-11)24(20,21)17(4)22-5/h6-9H,10H2,1-5H3,(H,16,18). The highest BCUT2D eigenvalue weighted by molar-refractivity contribution is 7.89. The zero-order valence-corrected chi connectivity index (χ0v) is 15.1. The fourth-order valence-electron chi connectivity index (χ4n) is 1.68. The molecule has 1 amide bonds. The average Bonchev–Trinajstić information content (AvgIpc) is 2.50. The molecule has 134 valence electrons. The van der Waals surface area contributed by atoms with Crippen molar-refractivity contribution in [2.24, 2.45) is 0 Å². The van der Waals surface area contributed by atoms with Crippen LogP contribution in [-0.2, 0) is 24.4 Å². The number of carbonyl (C=O) groups excluding carboxylic acids is 2. The van der Waals surface area contributed by atoms with Crippen LogP contribution in [0.2, 0.25) is 0 Å². The molecule has 0 aliphatic heterocycles. The summed E-state index contributed by atoms with van der Waals surface area (Å²) in [4.78, 5) is 28.1. The lowest BCUT2D eigenvalue weighted by molar-refractivity contribution is -0.125. The molecular formula is C15H22N2O6S. The molecule has 0 heterocycles. The number of nitrogens with one attached hydrogen (secondary N) is 1. The number of rotatable bonds is 6. The number of hydrogen-bond acceptors (Lipinski definition) is 6. The Balaban J connectivity index is 2.73. The van der Waals surface area contributed by atoms with Crippen molar-refractivity contribution in [1.29, 1.82) is 0 Å². The van der Waals surface area contributed by atoms with Gasteiger partial charge in [0.05, 0.1) is 17.6 Å². The van der Waals surface area contributed by atoms with Gasteiger partial charge in [-0.05, 0) is 45.0 Å². The van der Waals surface area contributed by atoms with Crippen molar-refractivity contribution < 1.29 is 27.6 Å². The van der Waals surface area contributed by atoms with Gasteiger partial charge < -0.3 is 10.1 Å². The van der Waals surface area contributed by atoms with Crippen LogP contribution in [0.4, 0.5) is 0 Å². The zero-order chi connectivity index (χ0) is 18.5. The number of benzene rings is 1. The van der Waals surface area contributed by atoms with Gasteiger partial charge in [-0.15, -0.1) is 0 Å². The summed E-state index contributed by atoms with van der Waals surface area (Å²) in [6.07, 6.45) is 0. The number of esters is 1. The maximum atomic E-state index is 12.0. The Labute approximate surface area is 141 Å². The van der Waals surface area contributed by atoms with E-state index >= 15 is 0 Å². The van der Waals surface area contributed by atoms with E-state index in [1.165, 1.54) is 38.4 Å². The molecule has 0 radical (unpaired) electrons.